The molecule has 4 rings (SSSR count). The van der Waals surface area contributed by atoms with Crippen LogP contribution in [0.1, 0.15) is 45.9 Å². The van der Waals surface area contributed by atoms with Gasteiger partial charge in [-0.05, 0) is 42.3 Å². The van der Waals surface area contributed by atoms with Crippen molar-refractivity contribution in [3.05, 3.63) is 76.0 Å². The molecular formula is C26H23F3N4O4. The minimum atomic E-state index is -4.62. The number of nitriles is 1. The number of aliphatic hydroxyl groups excluding tert-OH is 1. The van der Waals surface area contributed by atoms with Crippen molar-refractivity contribution in [2.75, 3.05) is 32.1 Å². The van der Waals surface area contributed by atoms with Crippen LogP contribution < -0.4 is 4.90 Å². The summed E-state index contributed by atoms with van der Waals surface area (Å²) in [6.45, 7) is -0.276. The van der Waals surface area contributed by atoms with E-state index in [0.717, 1.165) is 17.0 Å². The van der Waals surface area contributed by atoms with Gasteiger partial charge in [-0.25, -0.2) is 4.79 Å². The molecule has 37 heavy (non-hydrogen) atoms. The SMILES string of the molecule is CN(CCO)C(=O)c1cc(C#N)ccc1C1C2=C(CCC2=O)N(c2cccc(C(F)(F)F)c2)C(=O)N1C. The lowest BCUT2D eigenvalue weighted by Gasteiger charge is -2.41. The maximum atomic E-state index is 13.6. The van der Waals surface area contributed by atoms with Crippen LogP contribution in [0.5, 0.6) is 0 Å². The second kappa shape index (κ2) is 9.71. The summed E-state index contributed by atoms with van der Waals surface area (Å²) in [5.41, 5.74) is 0.112. The van der Waals surface area contributed by atoms with E-state index in [9.17, 15) is 37.9 Å². The number of rotatable bonds is 5. The Hall–Kier alpha value is -4.17. The van der Waals surface area contributed by atoms with E-state index in [1.54, 1.807) is 0 Å². The smallest absolute Gasteiger partial charge is 0.395 e. The van der Waals surface area contributed by atoms with Gasteiger partial charge in [-0.15, -0.1) is 0 Å². The molecule has 192 valence electrons. The zero-order chi connectivity index (χ0) is 27.1. The van der Waals surface area contributed by atoms with E-state index in [-0.39, 0.29) is 59.9 Å². The highest BCUT2D eigenvalue weighted by Gasteiger charge is 2.46. The van der Waals surface area contributed by atoms with Gasteiger partial charge in [0.2, 0.25) is 0 Å². The number of urea groups is 1. The monoisotopic (exact) mass is 512 g/mol. The zero-order valence-corrected chi connectivity index (χ0v) is 20.0. The van der Waals surface area contributed by atoms with Crippen molar-refractivity contribution in [2.24, 2.45) is 0 Å². The van der Waals surface area contributed by atoms with Gasteiger partial charge in [0.1, 0.15) is 0 Å². The minimum Gasteiger partial charge on any atom is -0.395 e. The van der Waals surface area contributed by atoms with Crippen LogP contribution in [-0.4, -0.2) is 59.9 Å². The molecule has 0 aromatic heterocycles. The van der Waals surface area contributed by atoms with E-state index in [0.29, 0.717) is 5.56 Å². The fourth-order valence-electron chi connectivity index (χ4n) is 4.74. The molecule has 2 aromatic rings. The number of hydrogen-bond donors (Lipinski definition) is 1. The van der Waals surface area contributed by atoms with E-state index in [1.165, 1.54) is 54.2 Å². The number of alkyl halides is 3. The number of anilines is 1. The van der Waals surface area contributed by atoms with Gasteiger partial charge in [0, 0.05) is 43.9 Å². The molecule has 0 saturated carbocycles. The fourth-order valence-corrected chi connectivity index (χ4v) is 4.74. The van der Waals surface area contributed by atoms with Gasteiger partial charge < -0.3 is 14.9 Å². The van der Waals surface area contributed by atoms with E-state index >= 15 is 0 Å². The standard InChI is InChI=1S/C26H23F3N4O4/c1-31(10-11-34)24(36)19-12-15(14-30)6-7-18(19)23-22-20(8-9-21(22)35)33(25(37)32(23)2)17-5-3-4-16(13-17)26(27,28)29/h3-7,12-13,23,34H,8-11H2,1-2H3. The summed E-state index contributed by atoms with van der Waals surface area (Å²) in [6, 6.07) is 8.97. The predicted octanol–water partition coefficient (Wildman–Crippen LogP) is 3.87. The average molecular weight is 512 g/mol. The number of carbonyl (C=O) groups is 3. The van der Waals surface area contributed by atoms with E-state index < -0.39 is 29.7 Å². The zero-order valence-electron chi connectivity index (χ0n) is 20.0. The summed E-state index contributed by atoms with van der Waals surface area (Å²) in [6.07, 6.45) is -4.42. The Bertz CT molecular complexity index is 1360. The van der Waals surface area contributed by atoms with Crippen LogP contribution in [0.15, 0.2) is 53.7 Å². The van der Waals surface area contributed by atoms with Gasteiger partial charge in [0.25, 0.3) is 5.91 Å². The molecule has 1 atom stereocenters. The molecule has 1 unspecified atom stereocenters. The quantitative estimate of drug-likeness (QED) is 0.655. The van der Waals surface area contributed by atoms with Gasteiger partial charge in [0.05, 0.1) is 35.5 Å². The Kier molecular flexibility index (Phi) is 6.80. The van der Waals surface area contributed by atoms with Gasteiger partial charge in [0.15, 0.2) is 5.78 Å². The van der Waals surface area contributed by atoms with E-state index in [4.69, 9.17) is 0 Å². The average Bonchev–Trinajstić information content (AvgIpc) is 3.24. The number of hydrogen-bond acceptors (Lipinski definition) is 5. The summed E-state index contributed by atoms with van der Waals surface area (Å²) in [5.74, 6) is -0.808. The molecule has 1 heterocycles. The Balaban J connectivity index is 1.90. The van der Waals surface area contributed by atoms with Crippen LogP contribution in [0, 0.1) is 11.3 Å². The van der Waals surface area contributed by atoms with E-state index in [2.05, 4.69) is 0 Å². The van der Waals surface area contributed by atoms with Crippen molar-refractivity contribution in [2.45, 2.75) is 25.1 Å². The van der Waals surface area contributed by atoms with Gasteiger partial charge in [-0.3, -0.25) is 14.5 Å². The van der Waals surface area contributed by atoms with Gasteiger partial charge in [-0.2, -0.15) is 18.4 Å². The number of ketones is 1. The molecule has 1 aliphatic heterocycles. The maximum absolute atomic E-state index is 13.6. The fraction of sp³-hybridized carbons (Fsp3) is 0.308. The molecule has 1 aliphatic carbocycles. The summed E-state index contributed by atoms with van der Waals surface area (Å²) >= 11 is 0. The largest absolute Gasteiger partial charge is 0.416 e. The summed E-state index contributed by atoms with van der Waals surface area (Å²) in [4.78, 5) is 43.5. The number of allylic oxidation sites excluding steroid dienone is 1. The van der Waals surface area contributed by atoms with E-state index in [1.807, 2.05) is 6.07 Å². The molecule has 1 N–H and O–H groups in total. The molecule has 0 fully saturated rings. The lowest BCUT2D eigenvalue weighted by Crippen LogP contribution is -2.48. The van der Waals surface area contributed by atoms with Crippen LogP contribution in [0.3, 0.4) is 0 Å². The maximum Gasteiger partial charge on any atom is 0.416 e. The normalized spacial score (nSPS) is 17.7. The third-order valence-electron chi connectivity index (χ3n) is 6.55. The second-order valence-corrected chi connectivity index (χ2v) is 8.83. The Labute approximate surface area is 210 Å². The van der Waals surface area contributed by atoms with Crippen molar-refractivity contribution in [3.63, 3.8) is 0 Å². The highest BCUT2D eigenvalue weighted by atomic mass is 19.4. The van der Waals surface area contributed by atoms with Crippen LogP contribution in [-0.2, 0) is 11.0 Å². The first-order chi connectivity index (χ1) is 17.5. The van der Waals surface area contributed by atoms with Crippen molar-refractivity contribution >= 4 is 23.4 Å². The van der Waals surface area contributed by atoms with Crippen molar-refractivity contribution < 1.29 is 32.7 Å². The first kappa shape index (κ1) is 25.9. The molecule has 3 amide bonds. The first-order valence-electron chi connectivity index (χ1n) is 11.4. The molecule has 0 spiro atoms. The second-order valence-electron chi connectivity index (χ2n) is 8.83. The molecule has 11 heteroatoms. The number of carbonyl (C=O) groups excluding carboxylic acids is 3. The number of halogens is 3. The molecule has 0 bridgehead atoms. The Morgan fingerprint density at radius 2 is 1.92 bits per heavy atom. The first-order valence-corrected chi connectivity index (χ1v) is 11.4. The third kappa shape index (κ3) is 4.56. The number of Topliss-reactive ketones (excluding diaryl/α,β-unsaturated/α-hetero) is 1. The lowest BCUT2D eigenvalue weighted by atomic mass is 9.88. The number of benzene rings is 2. The summed E-state index contributed by atoms with van der Waals surface area (Å²) in [7, 11) is 2.88. The highest BCUT2D eigenvalue weighted by Crippen LogP contribution is 2.45. The highest BCUT2D eigenvalue weighted by molar-refractivity contribution is 6.09. The number of likely N-dealkylation sites (N-methyl/N-ethyl adjacent to an activating group) is 2. The molecule has 2 aromatic carbocycles. The van der Waals surface area contributed by atoms with Crippen molar-refractivity contribution in [3.8, 4) is 6.07 Å². The van der Waals surface area contributed by atoms with Crippen LogP contribution in [0.2, 0.25) is 0 Å². The van der Waals surface area contributed by atoms with Crippen molar-refractivity contribution in [1.29, 1.82) is 5.26 Å². The topological polar surface area (TPSA) is 105 Å². The Morgan fingerprint density at radius 3 is 2.57 bits per heavy atom. The summed E-state index contributed by atoms with van der Waals surface area (Å²) in [5, 5.41) is 18.7. The number of aliphatic hydroxyl groups is 1. The summed E-state index contributed by atoms with van der Waals surface area (Å²) < 4.78 is 40.1. The molecule has 0 radical (unpaired) electrons. The minimum absolute atomic E-state index is 0.0185. The van der Waals surface area contributed by atoms with Crippen molar-refractivity contribution in [1.82, 2.24) is 9.80 Å². The Morgan fingerprint density at radius 1 is 1.19 bits per heavy atom. The molecule has 2 aliphatic rings. The van der Waals surface area contributed by atoms with Gasteiger partial charge >= 0.3 is 12.2 Å². The number of amides is 3. The van der Waals surface area contributed by atoms with Crippen LogP contribution in [0.25, 0.3) is 0 Å². The molecular weight excluding hydrogens is 489 g/mol. The predicted molar refractivity (Wildman–Crippen MR) is 126 cm³/mol. The molecule has 8 nitrogen and oxygen atoms in total. The lowest BCUT2D eigenvalue weighted by molar-refractivity contribution is -0.137. The van der Waals surface area contributed by atoms with Crippen LogP contribution in [0.4, 0.5) is 23.7 Å². The number of nitrogens with zero attached hydrogens (tertiary/aromatic N) is 4. The van der Waals surface area contributed by atoms with Crippen LogP contribution >= 0.6 is 0 Å². The molecule has 0 saturated heterocycles. The third-order valence-corrected chi connectivity index (χ3v) is 6.55. The van der Waals surface area contributed by atoms with Gasteiger partial charge in [-0.1, -0.05) is 12.1 Å².